The first-order valence-electron chi connectivity index (χ1n) is 7.02. The van der Waals surface area contributed by atoms with E-state index in [2.05, 4.69) is 5.32 Å². The zero-order chi connectivity index (χ0) is 15.2. The van der Waals surface area contributed by atoms with E-state index in [1.807, 2.05) is 6.92 Å². The van der Waals surface area contributed by atoms with Crippen LogP contribution in [0.1, 0.15) is 22.8 Å². The highest BCUT2D eigenvalue weighted by Crippen LogP contribution is 2.07. The monoisotopic (exact) mass is 292 g/mol. The maximum Gasteiger partial charge on any atom is 0.335 e. The van der Waals surface area contributed by atoms with Crippen molar-refractivity contribution in [2.24, 2.45) is 0 Å². The van der Waals surface area contributed by atoms with Crippen LogP contribution in [0.4, 0.5) is 4.79 Å². The molecular formula is C15H20N2O4. The summed E-state index contributed by atoms with van der Waals surface area (Å²) in [6, 6.07) is 6.70. The number of carbonyl (C=O) groups excluding carboxylic acids is 1. The van der Waals surface area contributed by atoms with Crippen LogP contribution in [0.25, 0.3) is 0 Å². The Bertz CT molecular complexity index is 501. The molecular weight excluding hydrogens is 272 g/mol. The molecule has 0 saturated carbocycles. The zero-order valence-corrected chi connectivity index (χ0v) is 12.0. The Morgan fingerprint density at radius 2 is 2.10 bits per heavy atom. The van der Waals surface area contributed by atoms with E-state index < -0.39 is 5.97 Å². The third kappa shape index (κ3) is 4.19. The standard InChI is InChI=1S/C15H20N2O4/c1-11-10-21-9-8-17(11)15(20)16-7-6-12-2-4-13(5-3-12)14(18)19/h2-5,11H,6-10H2,1H3,(H,16,20)(H,18,19). The number of aromatic carboxylic acids is 1. The molecule has 1 aromatic carbocycles. The van der Waals surface area contributed by atoms with Crippen LogP contribution >= 0.6 is 0 Å². The lowest BCUT2D eigenvalue weighted by Gasteiger charge is -2.33. The number of carboxylic acids is 1. The fourth-order valence-electron chi connectivity index (χ4n) is 2.26. The Hall–Kier alpha value is -2.08. The summed E-state index contributed by atoms with van der Waals surface area (Å²) >= 11 is 0. The largest absolute Gasteiger partial charge is 0.478 e. The summed E-state index contributed by atoms with van der Waals surface area (Å²) in [4.78, 5) is 24.5. The minimum absolute atomic E-state index is 0.0760. The molecule has 1 fully saturated rings. The van der Waals surface area contributed by atoms with Crippen LogP contribution in [0.5, 0.6) is 0 Å². The normalized spacial score (nSPS) is 18.3. The molecule has 0 aromatic heterocycles. The summed E-state index contributed by atoms with van der Waals surface area (Å²) < 4.78 is 5.30. The van der Waals surface area contributed by atoms with Gasteiger partial charge in [0.15, 0.2) is 0 Å². The predicted molar refractivity (Wildman–Crippen MR) is 77.5 cm³/mol. The second-order valence-corrected chi connectivity index (χ2v) is 5.10. The Labute approximate surface area is 123 Å². The van der Waals surface area contributed by atoms with Crippen molar-refractivity contribution >= 4 is 12.0 Å². The Kier molecular flexibility index (Phi) is 5.16. The Balaban J connectivity index is 1.78. The molecule has 2 amide bonds. The molecule has 1 atom stereocenters. The molecule has 1 aliphatic rings. The minimum Gasteiger partial charge on any atom is -0.478 e. The van der Waals surface area contributed by atoms with Crippen molar-refractivity contribution in [3.05, 3.63) is 35.4 Å². The van der Waals surface area contributed by atoms with Crippen molar-refractivity contribution < 1.29 is 19.4 Å². The van der Waals surface area contributed by atoms with Gasteiger partial charge in [-0.25, -0.2) is 9.59 Å². The zero-order valence-electron chi connectivity index (χ0n) is 12.0. The number of hydrogen-bond donors (Lipinski definition) is 2. The van der Waals surface area contributed by atoms with Crippen molar-refractivity contribution in [2.45, 2.75) is 19.4 Å². The van der Waals surface area contributed by atoms with E-state index in [1.54, 1.807) is 29.2 Å². The lowest BCUT2D eigenvalue weighted by Crippen LogP contribution is -2.51. The number of ether oxygens (including phenoxy) is 1. The van der Waals surface area contributed by atoms with Gasteiger partial charge in [-0.2, -0.15) is 0 Å². The molecule has 0 aliphatic carbocycles. The molecule has 1 saturated heterocycles. The molecule has 0 bridgehead atoms. The SMILES string of the molecule is CC1COCCN1C(=O)NCCc1ccc(C(=O)O)cc1. The average Bonchev–Trinajstić information content (AvgIpc) is 2.48. The van der Waals surface area contributed by atoms with Crippen molar-refractivity contribution in [1.82, 2.24) is 10.2 Å². The van der Waals surface area contributed by atoms with E-state index in [4.69, 9.17) is 9.84 Å². The number of hydrogen-bond acceptors (Lipinski definition) is 3. The maximum absolute atomic E-state index is 12.0. The number of urea groups is 1. The molecule has 21 heavy (non-hydrogen) atoms. The molecule has 1 aliphatic heterocycles. The topological polar surface area (TPSA) is 78.9 Å². The number of carbonyl (C=O) groups is 2. The number of benzene rings is 1. The van der Waals surface area contributed by atoms with Crippen LogP contribution < -0.4 is 5.32 Å². The van der Waals surface area contributed by atoms with Crippen molar-refractivity contribution in [3.63, 3.8) is 0 Å². The van der Waals surface area contributed by atoms with Crippen molar-refractivity contribution in [3.8, 4) is 0 Å². The average molecular weight is 292 g/mol. The molecule has 1 aromatic rings. The molecule has 6 nitrogen and oxygen atoms in total. The van der Waals surface area contributed by atoms with Gasteiger partial charge in [-0.1, -0.05) is 12.1 Å². The minimum atomic E-state index is -0.934. The quantitative estimate of drug-likeness (QED) is 0.878. The third-order valence-corrected chi connectivity index (χ3v) is 3.52. The Morgan fingerprint density at radius 1 is 1.38 bits per heavy atom. The first-order valence-corrected chi connectivity index (χ1v) is 7.02. The van der Waals surface area contributed by atoms with E-state index in [1.165, 1.54) is 0 Å². The van der Waals surface area contributed by atoms with Crippen LogP contribution in [0.15, 0.2) is 24.3 Å². The molecule has 2 N–H and O–H groups in total. The second-order valence-electron chi connectivity index (χ2n) is 5.10. The maximum atomic E-state index is 12.0. The molecule has 6 heteroatoms. The van der Waals surface area contributed by atoms with Crippen LogP contribution in [0.3, 0.4) is 0 Å². The number of amides is 2. The van der Waals surface area contributed by atoms with Gasteiger partial charge >= 0.3 is 12.0 Å². The number of rotatable bonds is 4. The van der Waals surface area contributed by atoms with Crippen LogP contribution in [-0.4, -0.2) is 54.4 Å². The van der Waals surface area contributed by atoms with Gasteiger partial charge in [0, 0.05) is 13.1 Å². The van der Waals surface area contributed by atoms with Gasteiger partial charge in [0.25, 0.3) is 0 Å². The van der Waals surface area contributed by atoms with Crippen LogP contribution in [0.2, 0.25) is 0 Å². The van der Waals surface area contributed by atoms with Gasteiger partial charge in [-0.05, 0) is 31.0 Å². The number of morpholine rings is 1. The summed E-state index contributed by atoms with van der Waals surface area (Å²) in [5, 5.41) is 11.7. The number of nitrogens with zero attached hydrogens (tertiary/aromatic N) is 1. The van der Waals surface area contributed by atoms with E-state index in [0.29, 0.717) is 32.7 Å². The number of carboxylic acid groups (broad SMARTS) is 1. The molecule has 1 heterocycles. The first-order chi connectivity index (χ1) is 10.1. The predicted octanol–water partition coefficient (Wildman–Crippen LogP) is 1.36. The summed E-state index contributed by atoms with van der Waals surface area (Å²) in [5.74, 6) is -0.934. The van der Waals surface area contributed by atoms with Gasteiger partial charge in [0.1, 0.15) is 0 Å². The lowest BCUT2D eigenvalue weighted by atomic mass is 10.1. The molecule has 0 spiro atoms. The van der Waals surface area contributed by atoms with Crippen LogP contribution in [0, 0.1) is 0 Å². The van der Waals surface area contributed by atoms with Gasteiger partial charge < -0.3 is 20.1 Å². The highest BCUT2D eigenvalue weighted by molar-refractivity contribution is 5.87. The van der Waals surface area contributed by atoms with E-state index in [9.17, 15) is 9.59 Å². The highest BCUT2D eigenvalue weighted by atomic mass is 16.5. The van der Waals surface area contributed by atoms with Crippen LogP contribution in [-0.2, 0) is 11.2 Å². The lowest BCUT2D eigenvalue weighted by molar-refractivity contribution is 0.0191. The molecule has 2 rings (SSSR count). The fraction of sp³-hybridized carbons (Fsp3) is 0.467. The van der Waals surface area contributed by atoms with Crippen molar-refractivity contribution in [1.29, 1.82) is 0 Å². The van der Waals surface area contributed by atoms with Gasteiger partial charge in [0.05, 0.1) is 24.8 Å². The van der Waals surface area contributed by atoms with E-state index in [-0.39, 0.29) is 17.6 Å². The van der Waals surface area contributed by atoms with E-state index in [0.717, 1.165) is 5.56 Å². The molecule has 1 unspecified atom stereocenters. The van der Waals surface area contributed by atoms with Gasteiger partial charge in [0.2, 0.25) is 0 Å². The summed E-state index contributed by atoms with van der Waals surface area (Å²) in [7, 11) is 0. The second kappa shape index (κ2) is 7.08. The first kappa shape index (κ1) is 15.3. The highest BCUT2D eigenvalue weighted by Gasteiger charge is 2.23. The summed E-state index contributed by atoms with van der Waals surface area (Å²) in [6.07, 6.45) is 0.671. The summed E-state index contributed by atoms with van der Waals surface area (Å²) in [6.45, 7) is 4.25. The van der Waals surface area contributed by atoms with Gasteiger partial charge in [-0.3, -0.25) is 0 Å². The summed E-state index contributed by atoms with van der Waals surface area (Å²) in [5.41, 5.74) is 1.26. The number of nitrogens with one attached hydrogen (secondary N) is 1. The smallest absolute Gasteiger partial charge is 0.335 e. The molecule has 0 radical (unpaired) electrons. The Morgan fingerprint density at radius 3 is 2.71 bits per heavy atom. The van der Waals surface area contributed by atoms with Gasteiger partial charge in [-0.15, -0.1) is 0 Å². The molecule has 114 valence electrons. The fourth-order valence-corrected chi connectivity index (χ4v) is 2.26. The van der Waals surface area contributed by atoms with E-state index >= 15 is 0 Å². The third-order valence-electron chi connectivity index (χ3n) is 3.52. The van der Waals surface area contributed by atoms with Crippen molar-refractivity contribution in [2.75, 3.05) is 26.3 Å².